The van der Waals surface area contributed by atoms with Gasteiger partial charge in [0.05, 0.1) is 0 Å². The Morgan fingerprint density at radius 2 is 2.44 bits per heavy atom. The fraction of sp³-hybridized carbons (Fsp3) is 0.250. The molecular formula is C4H6O4P+. The van der Waals surface area contributed by atoms with Gasteiger partial charge < -0.3 is 4.74 Å². The van der Waals surface area contributed by atoms with Crippen molar-refractivity contribution < 1.29 is 19.0 Å². The Morgan fingerprint density at radius 3 is 2.78 bits per heavy atom. The van der Waals surface area contributed by atoms with E-state index in [0.717, 1.165) is 6.08 Å². The van der Waals surface area contributed by atoms with E-state index in [2.05, 4.69) is 11.3 Å². The largest absolute Gasteiger partial charge is 0.547 e. The summed E-state index contributed by atoms with van der Waals surface area (Å²) in [5.74, 6) is -0.688. The van der Waals surface area contributed by atoms with Crippen LogP contribution < -0.4 is 0 Å². The maximum Gasteiger partial charge on any atom is 0.547 e. The van der Waals surface area contributed by atoms with Crippen LogP contribution >= 0.6 is 8.03 Å². The van der Waals surface area contributed by atoms with Gasteiger partial charge in [-0.2, -0.15) is 4.89 Å². The standard InChI is InChI=1S/C4H5O4P/c1-2-4(5)8-3-9(6)7/h2H,1,3H2/p+1. The van der Waals surface area contributed by atoms with Crippen molar-refractivity contribution in [1.29, 1.82) is 0 Å². The van der Waals surface area contributed by atoms with Crippen molar-refractivity contribution >= 4 is 14.0 Å². The van der Waals surface area contributed by atoms with Crippen molar-refractivity contribution in [2.45, 2.75) is 0 Å². The summed E-state index contributed by atoms with van der Waals surface area (Å²) >= 11 is 0. The number of rotatable bonds is 3. The predicted molar refractivity (Wildman–Crippen MR) is 31.0 cm³/mol. The average molecular weight is 149 g/mol. The number of carbonyl (C=O) groups excluding carboxylic acids is 1. The van der Waals surface area contributed by atoms with Gasteiger partial charge in [-0.25, -0.2) is 4.79 Å². The molecular weight excluding hydrogens is 143 g/mol. The van der Waals surface area contributed by atoms with E-state index in [9.17, 15) is 9.36 Å². The summed E-state index contributed by atoms with van der Waals surface area (Å²) in [6.07, 6.45) is 0.471. The Labute approximate surface area is 53.0 Å². The van der Waals surface area contributed by atoms with Crippen LogP contribution in [0.15, 0.2) is 12.7 Å². The lowest BCUT2D eigenvalue weighted by atomic mass is 10.7. The van der Waals surface area contributed by atoms with Gasteiger partial charge in [0.1, 0.15) is 0 Å². The first kappa shape index (κ1) is 8.27. The first-order valence-electron chi connectivity index (χ1n) is 2.09. The molecule has 0 fully saturated rings. The van der Waals surface area contributed by atoms with Gasteiger partial charge in [0.2, 0.25) is 0 Å². The van der Waals surface area contributed by atoms with Crippen LogP contribution in [0, 0.1) is 0 Å². The van der Waals surface area contributed by atoms with Crippen LogP contribution in [-0.2, 0) is 14.1 Å². The summed E-state index contributed by atoms with van der Waals surface area (Å²) in [4.78, 5) is 18.2. The summed E-state index contributed by atoms with van der Waals surface area (Å²) in [5, 5.41) is 0. The number of hydrogen-bond donors (Lipinski definition) is 1. The highest BCUT2D eigenvalue weighted by molar-refractivity contribution is 7.37. The second kappa shape index (κ2) is 4.18. The molecule has 1 atom stereocenters. The molecule has 4 nitrogen and oxygen atoms in total. The summed E-state index contributed by atoms with van der Waals surface area (Å²) in [6.45, 7) is 3.09. The zero-order valence-electron chi connectivity index (χ0n) is 4.61. The second-order valence-corrected chi connectivity index (χ2v) is 2.11. The van der Waals surface area contributed by atoms with Crippen molar-refractivity contribution in [2.75, 3.05) is 6.35 Å². The molecule has 0 aromatic carbocycles. The quantitative estimate of drug-likeness (QED) is 0.358. The normalized spacial score (nSPS) is 10.1. The highest BCUT2D eigenvalue weighted by atomic mass is 31.1. The van der Waals surface area contributed by atoms with E-state index in [1.165, 1.54) is 0 Å². The molecule has 0 aliphatic heterocycles. The lowest BCUT2D eigenvalue weighted by Gasteiger charge is -1.86. The Hall–Kier alpha value is -0.730. The van der Waals surface area contributed by atoms with Crippen LogP contribution in [-0.4, -0.2) is 17.2 Å². The molecule has 0 amide bonds. The molecule has 0 aliphatic rings. The highest BCUT2D eigenvalue weighted by Crippen LogP contribution is 2.11. The number of ether oxygens (including phenoxy) is 1. The molecule has 0 aromatic heterocycles. The molecule has 1 unspecified atom stereocenters. The topological polar surface area (TPSA) is 63.6 Å². The van der Waals surface area contributed by atoms with E-state index < -0.39 is 20.3 Å². The van der Waals surface area contributed by atoms with Gasteiger partial charge in [-0.05, 0) is 4.57 Å². The molecule has 0 rings (SSSR count). The first-order valence-corrected chi connectivity index (χ1v) is 3.49. The monoisotopic (exact) mass is 149 g/mol. The van der Waals surface area contributed by atoms with Crippen molar-refractivity contribution in [1.82, 2.24) is 0 Å². The molecule has 0 saturated carbocycles. The molecule has 1 N–H and O–H groups in total. The lowest BCUT2D eigenvalue weighted by molar-refractivity contribution is -0.135. The van der Waals surface area contributed by atoms with Gasteiger partial charge >= 0.3 is 20.3 Å². The van der Waals surface area contributed by atoms with Crippen molar-refractivity contribution in [3.63, 3.8) is 0 Å². The van der Waals surface area contributed by atoms with E-state index in [1.807, 2.05) is 0 Å². The molecule has 9 heavy (non-hydrogen) atoms. The molecule has 0 saturated heterocycles. The van der Waals surface area contributed by atoms with E-state index in [0.29, 0.717) is 0 Å². The summed E-state index contributed by atoms with van der Waals surface area (Å²) in [5.41, 5.74) is 0. The number of hydrogen-bond acceptors (Lipinski definition) is 3. The smallest absolute Gasteiger partial charge is 0.413 e. The van der Waals surface area contributed by atoms with E-state index in [1.54, 1.807) is 0 Å². The van der Waals surface area contributed by atoms with Crippen molar-refractivity contribution in [3.05, 3.63) is 12.7 Å². The molecule has 0 aromatic rings. The molecule has 5 heteroatoms. The lowest BCUT2D eigenvalue weighted by Crippen LogP contribution is -1.97. The van der Waals surface area contributed by atoms with Gasteiger partial charge in [0.15, 0.2) is 0 Å². The van der Waals surface area contributed by atoms with E-state index in [-0.39, 0.29) is 0 Å². The fourth-order valence-electron chi connectivity index (χ4n) is 0.178. The minimum Gasteiger partial charge on any atom is -0.413 e. The second-order valence-electron chi connectivity index (χ2n) is 1.15. The summed E-state index contributed by atoms with van der Waals surface area (Å²) in [6, 6.07) is 0. The van der Waals surface area contributed by atoms with Crippen molar-refractivity contribution in [3.8, 4) is 0 Å². The molecule has 0 bridgehead atoms. The minimum absolute atomic E-state index is 0.458. The maximum atomic E-state index is 10.1. The van der Waals surface area contributed by atoms with Crippen LogP contribution in [0.3, 0.4) is 0 Å². The Bertz CT molecular complexity index is 142. The molecule has 50 valence electrons. The van der Waals surface area contributed by atoms with Gasteiger partial charge in [-0.15, -0.1) is 0 Å². The van der Waals surface area contributed by atoms with Crippen LogP contribution in [0.1, 0.15) is 0 Å². The molecule has 0 spiro atoms. The Kier molecular flexibility index (Phi) is 3.84. The van der Waals surface area contributed by atoms with Crippen molar-refractivity contribution in [2.24, 2.45) is 0 Å². The fourth-order valence-corrected chi connectivity index (χ4v) is 0.415. The van der Waals surface area contributed by atoms with Crippen LogP contribution in [0.2, 0.25) is 0 Å². The Balaban J connectivity index is 3.39. The first-order chi connectivity index (χ1) is 4.16. The number of carbonyl (C=O) groups is 1. The zero-order chi connectivity index (χ0) is 7.28. The predicted octanol–water partition coefficient (Wildman–Crippen LogP) is 0.408. The summed E-state index contributed by atoms with van der Waals surface area (Å²) < 4.78 is 14.0. The third-order valence-corrected chi connectivity index (χ3v) is 0.834. The highest BCUT2D eigenvalue weighted by Gasteiger charge is 2.11. The minimum atomic E-state index is -2.38. The maximum absolute atomic E-state index is 10.1. The average Bonchev–Trinajstić information content (AvgIpc) is 1.83. The van der Waals surface area contributed by atoms with Gasteiger partial charge in [-0.3, -0.25) is 0 Å². The third-order valence-electron chi connectivity index (χ3n) is 0.484. The van der Waals surface area contributed by atoms with Gasteiger partial charge in [-0.1, -0.05) is 6.58 Å². The van der Waals surface area contributed by atoms with Crippen LogP contribution in [0.25, 0.3) is 0 Å². The van der Waals surface area contributed by atoms with Gasteiger partial charge in [0, 0.05) is 6.08 Å². The van der Waals surface area contributed by atoms with Crippen LogP contribution in [0.4, 0.5) is 0 Å². The van der Waals surface area contributed by atoms with E-state index >= 15 is 0 Å². The zero-order valence-corrected chi connectivity index (χ0v) is 5.51. The summed E-state index contributed by atoms with van der Waals surface area (Å²) in [7, 11) is -2.38. The third kappa shape index (κ3) is 5.14. The van der Waals surface area contributed by atoms with E-state index in [4.69, 9.17) is 4.89 Å². The SMILES string of the molecule is C=CC(=O)OC[P+](=O)O. The Morgan fingerprint density at radius 1 is 1.89 bits per heavy atom. The molecule has 0 heterocycles. The molecule has 0 aliphatic carbocycles. The molecule has 0 radical (unpaired) electrons. The van der Waals surface area contributed by atoms with Crippen LogP contribution in [0.5, 0.6) is 0 Å². The van der Waals surface area contributed by atoms with Gasteiger partial charge in [0.25, 0.3) is 0 Å². The number of esters is 1.